The van der Waals surface area contributed by atoms with Crippen molar-refractivity contribution in [3.63, 3.8) is 0 Å². The lowest BCUT2D eigenvalue weighted by Gasteiger charge is -2.50. The van der Waals surface area contributed by atoms with Gasteiger partial charge in [-0.15, -0.1) is 0 Å². The molecule has 6 heteroatoms. The normalized spacial score (nSPS) is 30.4. The third kappa shape index (κ3) is 2.57. The predicted octanol–water partition coefficient (Wildman–Crippen LogP) is 1.29. The van der Waals surface area contributed by atoms with Crippen LogP contribution in [0.1, 0.15) is 33.6 Å². The Balaban J connectivity index is 2.13. The highest BCUT2D eigenvalue weighted by molar-refractivity contribution is 5.89. The fourth-order valence-corrected chi connectivity index (χ4v) is 2.74. The van der Waals surface area contributed by atoms with E-state index in [-0.39, 0.29) is 24.7 Å². The minimum Gasteiger partial charge on any atom is -0.481 e. The van der Waals surface area contributed by atoms with Crippen molar-refractivity contribution in [2.45, 2.75) is 45.3 Å². The molecule has 2 aliphatic rings. The van der Waals surface area contributed by atoms with E-state index in [9.17, 15) is 14.4 Å². The molecule has 19 heavy (non-hydrogen) atoms. The smallest absolute Gasteiger partial charge is 0.410 e. The van der Waals surface area contributed by atoms with Gasteiger partial charge in [-0.1, -0.05) is 0 Å². The number of carboxylic acid groups (broad SMARTS) is 1. The van der Waals surface area contributed by atoms with Crippen molar-refractivity contribution in [1.82, 2.24) is 4.90 Å². The standard InChI is InChI=1S/C13H19NO5/c1-13(2,3)19-12(18)14-5-4-9(15)7-6-8(10(7)14)11(16)17/h7-8,10H,4-6H2,1-3H3,(H,16,17). The lowest BCUT2D eigenvalue weighted by molar-refractivity contribution is -0.159. The largest absolute Gasteiger partial charge is 0.481 e. The molecule has 0 aromatic carbocycles. The number of carbonyl (C=O) groups is 3. The van der Waals surface area contributed by atoms with Crippen LogP contribution in [0.15, 0.2) is 0 Å². The number of piperidine rings is 1. The van der Waals surface area contributed by atoms with Gasteiger partial charge >= 0.3 is 12.1 Å². The molecular formula is C13H19NO5. The number of amides is 1. The molecule has 0 radical (unpaired) electrons. The van der Waals surface area contributed by atoms with Crippen LogP contribution in [0.5, 0.6) is 0 Å². The molecule has 6 nitrogen and oxygen atoms in total. The van der Waals surface area contributed by atoms with Gasteiger partial charge in [0.15, 0.2) is 0 Å². The number of likely N-dealkylation sites (tertiary alicyclic amines) is 1. The number of carboxylic acids is 1. The molecule has 3 unspecified atom stereocenters. The van der Waals surface area contributed by atoms with Crippen LogP contribution in [0.4, 0.5) is 4.79 Å². The Morgan fingerprint density at radius 1 is 1.37 bits per heavy atom. The molecule has 1 saturated heterocycles. The Kier molecular flexibility index (Phi) is 3.28. The average Bonchev–Trinajstić information content (AvgIpc) is 2.17. The summed E-state index contributed by atoms with van der Waals surface area (Å²) in [5.41, 5.74) is -0.628. The van der Waals surface area contributed by atoms with E-state index >= 15 is 0 Å². The Labute approximate surface area is 111 Å². The van der Waals surface area contributed by atoms with Gasteiger partial charge in [0.25, 0.3) is 0 Å². The maximum atomic E-state index is 12.1. The molecule has 2 rings (SSSR count). The Bertz CT molecular complexity index is 421. The van der Waals surface area contributed by atoms with E-state index in [1.807, 2.05) is 0 Å². The number of ether oxygens (including phenoxy) is 1. The maximum absolute atomic E-state index is 12.1. The molecule has 106 valence electrons. The molecule has 1 aliphatic heterocycles. The molecule has 0 aromatic heterocycles. The molecule has 3 atom stereocenters. The Morgan fingerprint density at radius 3 is 2.53 bits per heavy atom. The molecule has 2 fully saturated rings. The van der Waals surface area contributed by atoms with Crippen LogP contribution < -0.4 is 0 Å². The summed E-state index contributed by atoms with van der Waals surface area (Å²) in [7, 11) is 0. The number of fused-ring (bicyclic) bond motifs is 1. The number of Topliss-reactive ketones (excluding diaryl/α,β-unsaturated/α-hetero) is 1. The second kappa shape index (κ2) is 4.51. The minimum absolute atomic E-state index is 0.0577. The zero-order valence-corrected chi connectivity index (χ0v) is 11.4. The van der Waals surface area contributed by atoms with Crippen molar-refractivity contribution in [1.29, 1.82) is 0 Å². The van der Waals surface area contributed by atoms with E-state index in [1.54, 1.807) is 20.8 Å². The molecule has 0 bridgehead atoms. The third-order valence-electron chi connectivity index (χ3n) is 3.65. The van der Waals surface area contributed by atoms with Crippen molar-refractivity contribution < 1.29 is 24.2 Å². The summed E-state index contributed by atoms with van der Waals surface area (Å²) in [5, 5.41) is 9.10. The van der Waals surface area contributed by atoms with Crippen molar-refractivity contribution in [3.8, 4) is 0 Å². The van der Waals surface area contributed by atoms with Crippen LogP contribution in [0.3, 0.4) is 0 Å². The molecule has 0 spiro atoms. The predicted molar refractivity (Wildman–Crippen MR) is 65.6 cm³/mol. The van der Waals surface area contributed by atoms with Crippen molar-refractivity contribution in [2.75, 3.05) is 6.54 Å². The first-order valence-corrected chi connectivity index (χ1v) is 6.46. The monoisotopic (exact) mass is 269 g/mol. The van der Waals surface area contributed by atoms with Gasteiger partial charge in [-0.2, -0.15) is 0 Å². The van der Waals surface area contributed by atoms with E-state index in [0.29, 0.717) is 6.42 Å². The van der Waals surface area contributed by atoms with Crippen molar-refractivity contribution >= 4 is 17.8 Å². The first-order valence-electron chi connectivity index (χ1n) is 6.46. The summed E-state index contributed by atoms with van der Waals surface area (Å²) in [6, 6.07) is -0.534. The van der Waals surface area contributed by atoms with Gasteiger partial charge in [-0.3, -0.25) is 9.59 Å². The van der Waals surface area contributed by atoms with Crippen LogP contribution in [0.2, 0.25) is 0 Å². The fraction of sp³-hybridized carbons (Fsp3) is 0.769. The first-order chi connectivity index (χ1) is 8.70. The van der Waals surface area contributed by atoms with Gasteiger partial charge in [-0.25, -0.2) is 4.79 Å². The molecule has 1 amide bonds. The van der Waals surface area contributed by atoms with Crippen LogP contribution in [0.25, 0.3) is 0 Å². The van der Waals surface area contributed by atoms with Gasteiger partial charge in [0.1, 0.15) is 11.4 Å². The summed E-state index contributed by atoms with van der Waals surface area (Å²) < 4.78 is 5.28. The van der Waals surface area contributed by atoms with Gasteiger partial charge < -0.3 is 14.7 Å². The third-order valence-corrected chi connectivity index (χ3v) is 3.65. The quantitative estimate of drug-likeness (QED) is 0.775. The zero-order valence-electron chi connectivity index (χ0n) is 11.4. The highest BCUT2D eigenvalue weighted by Crippen LogP contribution is 2.42. The molecule has 1 N–H and O–H groups in total. The first kappa shape index (κ1) is 13.8. The summed E-state index contributed by atoms with van der Waals surface area (Å²) in [6.07, 6.45) is 0.0891. The summed E-state index contributed by atoms with van der Waals surface area (Å²) >= 11 is 0. The van der Waals surface area contributed by atoms with E-state index in [0.717, 1.165) is 0 Å². The fourth-order valence-electron chi connectivity index (χ4n) is 2.74. The highest BCUT2D eigenvalue weighted by atomic mass is 16.6. The maximum Gasteiger partial charge on any atom is 0.410 e. The number of hydrogen-bond acceptors (Lipinski definition) is 4. The van der Waals surface area contributed by atoms with Crippen molar-refractivity contribution in [2.24, 2.45) is 11.8 Å². The lowest BCUT2D eigenvalue weighted by Crippen LogP contribution is -2.64. The van der Waals surface area contributed by atoms with Crippen LogP contribution >= 0.6 is 0 Å². The van der Waals surface area contributed by atoms with Gasteiger partial charge in [0.05, 0.1) is 12.0 Å². The number of ketones is 1. The molecule has 1 aliphatic carbocycles. The number of nitrogens with zero attached hydrogens (tertiary/aromatic N) is 1. The van der Waals surface area contributed by atoms with Gasteiger partial charge in [0.2, 0.25) is 0 Å². The van der Waals surface area contributed by atoms with Gasteiger partial charge in [-0.05, 0) is 27.2 Å². The second-order valence-corrected chi connectivity index (χ2v) is 6.17. The van der Waals surface area contributed by atoms with Crippen LogP contribution in [-0.2, 0) is 14.3 Å². The summed E-state index contributed by atoms with van der Waals surface area (Å²) in [4.78, 5) is 36.3. The number of rotatable bonds is 1. The SMILES string of the molecule is CC(C)(C)OC(=O)N1CCC(=O)C2CC(C(=O)O)C21. The second-order valence-electron chi connectivity index (χ2n) is 6.17. The highest BCUT2D eigenvalue weighted by Gasteiger charge is 2.55. The topological polar surface area (TPSA) is 83.9 Å². The van der Waals surface area contributed by atoms with E-state index in [4.69, 9.17) is 9.84 Å². The molecule has 0 aromatic rings. The lowest BCUT2D eigenvalue weighted by atomic mass is 9.64. The number of aliphatic carboxylic acids is 1. The van der Waals surface area contributed by atoms with Crippen LogP contribution in [-0.4, -0.2) is 46.0 Å². The van der Waals surface area contributed by atoms with Crippen LogP contribution in [0, 0.1) is 11.8 Å². The van der Waals surface area contributed by atoms with Gasteiger partial charge in [0, 0.05) is 18.9 Å². The summed E-state index contributed by atoms with van der Waals surface area (Å²) in [5.74, 6) is -1.88. The Hall–Kier alpha value is -1.59. The minimum atomic E-state index is -0.954. The molecular weight excluding hydrogens is 250 g/mol. The number of carbonyl (C=O) groups excluding carboxylic acids is 2. The van der Waals surface area contributed by atoms with E-state index in [1.165, 1.54) is 4.90 Å². The summed E-state index contributed by atoms with van der Waals surface area (Å²) in [6.45, 7) is 5.52. The van der Waals surface area contributed by atoms with E-state index in [2.05, 4.69) is 0 Å². The van der Waals surface area contributed by atoms with Crippen molar-refractivity contribution in [3.05, 3.63) is 0 Å². The van der Waals surface area contributed by atoms with E-state index < -0.39 is 29.6 Å². The zero-order chi connectivity index (χ0) is 14.4. The molecule has 1 saturated carbocycles. The number of hydrogen-bond donors (Lipinski definition) is 1. The molecule has 1 heterocycles. The Morgan fingerprint density at radius 2 is 2.00 bits per heavy atom. The average molecular weight is 269 g/mol.